The molecule has 1 aliphatic rings. The molecule has 0 spiro atoms. The summed E-state index contributed by atoms with van der Waals surface area (Å²) in [4.78, 5) is 2.49. The monoisotopic (exact) mass is 328 g/mol. The first-order chi connectivity index (χ1) is 9.02. The van der Waals surface area contributed by atoms with E-state index in [2.05, 4.69) is 34.7 Å². The van der Waals surface area contributed by atoms with E-state index < -0.39 is 0 Å². The van der Waals surface area contributed by atoms with Crippen LogP contribution in [0.3, 0.4) is 0 Å². The Hall–Kier alpha value is -0.450. The molecule has 19 heavy (non-hydrogen) atoms. The second kappa shape index (κ2) is 6.33. The standard InChI is InChI=1S/C15H22BrFN2/c1-10-3-4-12(8-18)9-19(10)11(2)13-5-6-15(17)14(16)7-13/h5-7,10-12H,3-4,8-9,18H2,1-2H3. The topological polar surface area (TPSA) is 29.3 Å². The number of hydrogen-bond acceptors (Lipinski definition) is 2. The lowest BCUT2D eigenvalue weighted by molar-refractivity contribution is 0.0812. The molecule has 0 aromatic heterocycles. The predicted octanol–water partition coefficient (Wildman–Crippen LogP) is 3.71. The molecule has 3 atom stereocenters. The van der Waals surface area contributed by atoms with Gasteiger partial charge in [-0.2, -0.15) is 0 Å². The average Bonchev–Trinajstić information content (AvgIpc) is 2.41. The summed E-state index contributed by atoms with van der Waals surface area (Å²) in [7, 11) is 0. The Labute approximate surface area is 123 Å². The second-order valence-electron chi connectivity index (χ2n) is 5.57. The summed E-state index contributed by atoms with van der Waals surface area (Å²) < 4.78 is 13.9. The molecule has 1 fully saturated rings. The van der Waals surface area contributed by atoms with E-state index in [1.54, 1.807) is 0 Å². The molecule has 2 rings (SSSR count). The number of nitrogens with two attached hydrogens (primary N) is 1. The lowest BCUT2D eigenvalue weighted by Crippen LogP contribution is -2.45. The molecule has 1 aromatic carbocycles. The normalized spacial score (nSPS) is 26.4. The summed E-state index contributed by atoms with van der Waals surface area (Å²) in [6, 6.07) is 6.15. The highest BCUT2D eigenvalue weighted by Gasteiger charge is 2.28. The molecule has 1 aromatic rings. The minimum atomic E-state index is -0.206. The maximum absolute atomic E-state index is 13.3. The number of piperidine rings is 1. The van der Waals surface area contributed by atoms with Crippen molar-refractivity contribution in [2.24, 2.45) is 11.7 Å². The Bertz CT molecular complexity index is 438. The molecule has 0 radical (unpaired) electrons. The fourth-order valence-electron chi connectivity index (χ4n) is 2.91. The van der Waals surface area contributed by atoms with Gasteiger partial charge in [0, 0.05) is 18.6 Å². The third-order valence-electron chi connectivity index (χ3n) is 4.28. The van der Waals surface area contributed by atoms with Gasteiger partial charge in [0.1, 0.15) is 5.82 Å². The third kappa shape index (κ3) is 3.36. The highest BCUT2D eigenvalue weighted by atomic mass is 79.9. The fraction of sp³-hybridized carbons (Fsp3) is 0.600. The van der Waals surface area contributed by atoms with Gasteiger partial charge < -0.3 is 5.73 Å². The number of benzene rings is 1. The summed E-state index contributed by atoms with van der Waals surface area (Å²) >= 11 is 3.27. The van der Waals surface area contributed by atoms with Crippen LogP contribution in [-0.4, -0.2) is 24.0 Å². The van der Waals surface area contributed by atoms with Crippen LogP contribution in [0, 0.1) is 11.7 Å². The van der Waals surface area contributed by atoms with E-state index >= 15 is 0 Å². The second-order valence-corrected chi connectivity index (χ2v) is 6.43. The Morgan fingerprint density at radius 2 is 2.21 bits per heavy atom. The molecule has 0 bridgehead atoms. The summed E-state index contributed by atoms with van der Waals surface area (Å²) in [6.45, 7) is 6.24. The molecule has 106 valence electrons. The molecule has 0 aliphatic carbocycles. The van der Waals surface area contributed by atoms with Gasteiger partial charge in [-0.05, 0) is 72.8 Å². The maximum Gasteiger partial charge on any atom is 0.137 e. The van der Waals surface area contributed by atoms with Crippen molar-refractivity contribution in [3.05, 3.63) is 34.1 Å². The first-order valence-electron chi connectivity index (χ1n) is 6.93. The predicted molar refractivity (Wildman–Crippen MR) is 80.5 cm³/mol. The van der Waals surface area contributed by atoms with Crippen LogP contribution in [0.2, 0.25) is 0 Å². The largest absolute Gasteiger partial charge is 0.330 e. The van der Waals surface area contributed by atoms with Crippen molar-refractivity contribution in [3.63, 3.8) is 0 Å². The molecule has 0 saturated carbocycles. The van der Waals surface area contributed by atoms with Gasteiger partial charge in [0.2, 0.25) is 0 Å². The molecule has 0 amide bonds. The number of hydrogen-bond donors (Lipinski definition) is 1. The molecular weight excluding hydrogens is 307 g/mol. The molecular formula is C15H22BrFN2. The van der Waals surface area contributed by atoms with Crippen molar-refractivity contribution in [1.29, 1.82) is 0 Å². The van der Waals surface area contributed by atoms with Crippen LogP contribution in [0.5, 0.6) is 0 Å². The molecule has 1 heterocycles. The Kier molecular flexibility index (Phi) is 4.98. The van der Waals surface area contributed by atoms with Crippen LogP contribution in [-0.2, 0) is 0 Å². The Balaban J connectivity index is 2.16. The lowest BCUT2D eigenvalue weighted by atomic mass is 9.91. The van der Waals surface area contributed by atoms with Gasteiger partial charge in [-0.25, -0.2) is 4.39 Å². The van der Waals surface area contributed by atoms with Crippen molar-refractivity contribution in [1.82, 2.24) is 4.90 Å². The number of likely N-dealkylation sites (tertiary alicyclic amines) is 1. The van der Waals surface area contributed by atoms with Crippen molar-refractivity contribution in [2.75, 3.05) is 13.1 Å². The maximum atomic E-state index is 13.3. The van der Waals surface area contributed by atoms with E-state index in [1.165, 1.54) is 18.9 Å². The van der Waals surface area contributed by atoms with Gasteiger partial charge >= 0.3 is 0 Å². The van der Waals surface area contributed by atoms with Gasteiger partial charge in [-0.3, -0.25) is 4.90 Å². The van der Waals surface area contributed by atoms with E-state index in [-0.39, 0.29) is 5.82 Å². The van der Waals surface area contributed by atoms with Crippen molar-refractivity contribution in [3.8, 4) is 0 Å². The van der Waals surface area contributed by atoms with Crippen LogP contribution < -0.4 is 5.73 Å². The van der Waals surface area contributed by atoms with E-state index in [4.69, 9.17) is 5.73 Å². The minimum absolute atomic E-state index is 0.206. The summed E-state index contributed by atoms with van der Waals surface area (Å²) in [6.07, 6.45) is 2.41. The van der Waals surface area contributed by atoms with E-state index in [0.717, 1.165) is 18.7 Å². The zero-order chi connectivity index (χ0) is 14.0. The first-order valence-corrected chi connectivity index (χ1v) is 7.73. The summed E-state index contributed by atoms with van der Waals surface area (Å²) in [5, 5.41) is 0. The molecule has 1 aliphatic heterocycles. The van der Waals surface area contributed by atoms with Gasteiger partial charge in [0.15, 0.2) is 0 Å². The highest BCUT2D eigenvalue weighted by molar-refractivity contribution is 9.10. The van der Waals surface area contributed by atoms with Crippen LogP contribution in [0.1, 0.15) is 38.3 Å². The number of nitrogens with zero attached hydrogens (tertiary/aromatic N) is 1. The van der Waals surface area contributed by atoms with Crippen molar-refractivity contribution in [2.45, 2.75) is 38.8 Å². The van der Waals surface area contributed by atoms with Crippen LogP contribution in [0.15, 0.2) is 22.7 Å². The number of halogens is 2. The average molecular weight is 329 g/mol. The van der Waals surface area contributed by atoms with Gasteiger partial charge in [0.25, 0.3) is 0 Å². The van der Waals surface area contributed by atoms with Crippen LogP contribution >= 0.6 is 15.9 Å². The Morgan fingerprint density at radius 3 is 2.84 bits per heavy atom. The Morgan fingerprint density at radius 1 is 1.47 bits per heavy atom. The lowest BCUT2D eigenvalue weighted by Gasteiger charge is -2.41. The molecule has 2 N–H and O–H groups in total. The zero-order valence-electron chi connectivity index (χ0n) is 11.6. The molecule has 2 nitrogen and oxygen atoms in total. The van der Waals surface area contributed by atoms with Gasteiger partial charge in [-0.15, -0.1) is 0 Å². The molecule has 1 saturated heterocycles. The summed E-state index contributed by atoms with van der Waals surface area (Å²) in [5.41, 5.74) is 6.96. The van der Waals surface area contributed by atoms with Crippen molar-refractivity contribution >= 4 is 15.9 Å². The molecule has 4 heteroatoms. The highest BCUT2D eigenvalue weighted by Crippen LogP contribution is 2.31. The fourth-order valence-corrected chi connectivity index (χ4v) is 3.30. The van der Waals surface area contributed by atoms with Crippen LogP contribution in [0.4, 0.5) is 4.39 Å². The first kappa shape index (κ1) is 14.9. The quantitative estimate of drug-likeness (QED) is 0.916. The smallest absolute Gasteiger partial charge is 0.137 e. The summed E-state index contributed by atoms with van der Waals surface area (Å²) in [5.74, 6) is 0.380. The molecule has 3 unspecified atom stereocenters. The minimum Gasteiger partial charge on any atom is -0.330 e. The number of rotatable bonds is 3. The van der Waals surface area contributed by atoms with E-state index in [0.29, 0.717) is 22.5 Å². The zero-order valence-corrected chi connectivity index (χ0v) is 13.2. The van der Waals surface area contributed by atoms with Gasteiger partial charge in [0.05, 0.1) is 4.47 Å². The van der Waals surface area contributed by atoms with Gasteiger partial charge in [-0.1, -0.05) is 6.07 Å². The third-order valence-corrected chi connectivity index (χ3v) is 4.89. The van der Waals surface area contributed by atoms with E-state index in [9.17, 15) is 4.39 Å². The van der Waals surface area contributed by atoms with Crippen molar-refractivity contribution < 1.29 is 4.39 Å². The SMILES string of the molecule is CC1CCC(CN)CN1C(C)c1ccc(F)c(Br)c1. The van der Waals surface area contributed by atoms with Crippen LogP contribution in [0.25, 0.3) is 0 Å². The van der Waals surface area contributed by atoms with E-state index in [1.807, 2.05) is 12.1 Å².